The van der Waals surface area contributed by atoms with Crippen LogP contribution in [-0.2, 0) is 12.7 Å². The highest BCUT2D eigenvalue weighted by atomic mass is 35.5. The molecule has 0 unspecified atom stereocenters. The van der Waals surface area contributed by atoms with Crippen molar-refractivity contribution in [2.24, 2.45) is 0 Å². The van der Waals surface area contributed by atoms with E-state index >= 15 is 0 Å². The van der Waals surface area contributed by atoms with Crippen LogP contribution in [0, 0.1) is 0 Å². The fourth-order valence-corrected chi connectivity index (χ4v) is 3.60. The number of H-pyrrole nitrogens is 1. The number of hydrogen-bond acceptors (Lipinski definition) is 7. The van der Waals surface area contributed by atoms with Gasteiger partial charge in [-0.3, -0.25) is 14.8 Å². The zero-order chi connectivity index (χ0) is 26.7. The summed E-state index contributed by atoms with van der Waals surface area (Å²) in [5.74, 6) is -1.36. The SMILES string of the molecule is O=C(NCc1ncccc1C(F)(F)F)c1cc2nc(Nc3c(Cl)cncc3Cl)[nH]c2nc1OCC(F)F. The van der Waals surface area contributed by atoms with E-state index < -0.39 is 48.8 Å². The summed E-state index contributed by atoms with van der Waals surface area (Å²) in [6.07, 6.45) is -3.77. The van der Waals surface area contributed by atoms with Crippen molar-refractivity contribution in [1.82, 2.24) is 30.2 Å². The van der Waals surface area contributed by atoms with Gasteiger partial charge in [-0.25, -0.2) is 13.8 Å². The van der Waals surface area contributed by atoms with Crippen molar-refractivity contribution in [3.8, 4) is 5.88 Å². The highest BCUT2D eigenvalue weighted by Gasteiger charge is 2.34. The third-order valence-corrected chi connectivity index (χ3v) is 5.31. The number of aromatic amines is 1. The fourth-order valence-electron chi connectivity index (χ4n) is 3.14. The molecule has 4 aromatic rings. The molecule has 3 N–H and O–H groups in total. The van der Waals surface area contributed by atoms with Crippen molar-refractivity contribution in [3.63, 3.8) is 0 Å². The molecule has 0 aliphatic carbocycles. The molecule has 4 rings (SSSR count). The van der Waals surface area contributed by atoms with Crippen molar-refractivity contribution < 1.29 is 31.5 Å². The van der Waals surface area contributed by atoms with Gasteiger partial charge in [0, 0.05) is 18.6 Å². The number of nitrogens with one attached hydrogen (secondary N) is 3. The van der Waals surface area contributed by atoms with Crippen molar-refractivity contribution >= 4 is 51.9 Å². The van der Waals surface area contributed by atoms with Gasteiger partial charge in [0.05, 0.1) is 33.5 Å². The lowest BCUT2D eigenvalue weighted by atomic mass is 10.1. The molecule has 0 spiro atoms. The summed E-state index contributed by atoms with van der Waals surface area (Å²) in [4.78, 5) is 31.4. The van der Waals surface area contributed by atoms with E-state index in [2.05, 4.69) is 35.6 Å². The van der Waals surface area contributed by atoms with Crippen LogP contribution in [-0.4, -0.2) is 43.9 Å². The van der Waals surface area contributed by atoms with E-state index in [0.29, 0.717) is 0 Å². The van der Waals surface area contributed by atoms with E-state index in [1.807, 2.05) is 0 Å². The monoisotopic (exact) mass is 561 g/mol. The first-order chi connectivity index (χ1) is 17.5. The second-order valence-electron chi connectivity index (χ2n) is 7.28. The van der Waals surface area contributed by atoms with Crippen LogP contribution in [0.1, 0.15) is 21.6 Å². The number of halogens is 7. The second kappa shape index (κ2) is 10.7. The number of pyridine rings is 3. The summed E-state index contributed by atoms with van der Waals surface area (Å²) in [5.41, 5.74) is -1.39. The Hall–Kier alpha value is -3.78. The largest absolute Gasteiger partial charge is 0.471 e. The molecular weight excluding hydrogens is 548 g/mol. The quantitative estimate of drug-likeness (QED) is 0.247. The van der Waals surface area contributed by atoms with Crippen LogP contribution in [0.5, 0.6) is 5.88 Å². The highest BCUT2D eigenvalue weighted by molar-refractivity contribution is 6.39. The topological polar surface area (TPSA) is 118 Å². The third kappa shape index (κ3) is 6.14. The number of nitrogens with zero attached hydrogens (tertiary/aromatic N) is 4. The lowest BCUT2D eigenvalue weighted by molar-refractivity contribution is -0.138. The van der Waals surface area contributed by atoms with Crippen LogP contribution < -0.4 is 15.4 Å². The van der Waals surface area contributed by atoms with E-state index in [0.717, 1.165) is 18.3 Å². The Labute approximate surface area is 214 Å². The number of carbonyl (C=O) groups is 1. The first-order valence-corrected chi connectivity index (χ1v) is 11.0. The van der Waals surface area contributed by atoms with Gasteiger partial charge in [-0.05, 0) is 18.2 Å². The summed E-state index contributed by atoms with van der Waals surface area (Å²) in [7, 11) is 0. The van der Waals surface area contributed by atoms with Crippen molar-refractivity contribution in [3.05, 3.63) is 63.7 Å². The van der Waals surface area contributed by atoms with Gasteiger partial charge < -0.3 is 20.4 Å². The molecule has 1 amide bonds. The smallest absolute Gasteiger partial charge is 0.418 e. The molecule has 4 aromatic heterocycles. The van der Waals surface area contributed by atoms with E-state index in [4.69, 9.17) is 27.9 Å². The Kier molecular flexibility index (Phi) is 7.59. The predicted octanol–water partition coefficient (Wildman–Crippen LogP) is 5.39. The summed E-state index contributed by atoms with van der Waals surface area (Å²) < 4.78 is 70.2. The van der Waals surface area contributed by atoms with Gasteiger partial charge >= 0.3 is 6.18 Å². The number of rotatable bonds is 8. The Balaban J connectivity index is 1.64. The van der Waals surface area contributed by atoms with Gasteiger partial charge in [0.1, 0.15) is 11.1 Å². The lowest BCUT2D eigenvalue weighted by Gasteiger charge is -2.13. The van der Waals surface area contributed by atoms with Crippen LogP contribution in [0.4, 0.5) is 33.6 Å². The minimum atomic E-state index is -4.70. The second-order valence-corrected chi connectivity index (χ2v) is 8.09. The zero-order valence-corrected chi connectivity index (χ0v) is 19.7. The van der Waals surface area contributed by atoms with Crippen LogP contribution in [0.3, 0.4) is 0 Å². The predicted molar refractivity (Wildman–Crippen MR) is 123 cm³/mol. The molecule has 0 radical (unpaired) electrons. The molecule has 0 atom stereocenters. The Morgan fingerprint density at radius 2 is 1.89 bits per heavy atom. The molecule has 194 valence electrons. The number of alkyl halides is 5. The average Bonchev–Trinajstić information content (AvgIpc) is 3.24. The minimum absolute atomic E-state index is 0.0497. The van der Waals surface area contributed by atoms with Crippen molar-refractivity contribution in [2.75, 3.05) is 11.9 Å². The summed E-state index contributed by atoms with van der Waals surface area (Å²) in [6, 6.07) is 3.11. The highest BCUT2D eigenvalue weighted by Crippen LogP contribution is 2.33. The van der Waals surface area contributed by atoms with Gasteiger partial charge in [0.15, 0.2) is 12.3 Å². The van der Waals surface area contributed by atoms with E-state index in [-0.39, 0.29) is 38.4 Å². The molecule has 9 nitrogen and oxygen atoms in total. The first-order valence-electron chi connectivity index (χ1n) is 10.2. The maximum Gasteiger partial charge on any atom is 0.418 e. The number of hydrogen-bond donors (Lipinski definition) is 3. The molecule has 0 fully saturated rings. The number of carbonyl (C=O) groups excluding carboxylic acids is 1. The van der Waals surface area contributed by atoms with Crippen LogP contribution in [0.2, 0.25) is 10.0 Å². The number of amides is 1. The average molecular weight is 562 g/mol. The molecule has 37 heavy (non-hydrogen) atoms. The van der Waals surface area contributed by atoms with Gasteiger partial charge in [0.2, 0.25) is 11.8 Å². The third-order valence-electron chi connectivity index (χ3n) is 4.74. The Morgan fingerprint density at radius 3 is 2.57 bits per heavy atom. The number of aromatic nitrogens is 5. The van der Waals surface area contributed by atoms with Crippen LogP contribution >= 0.6 is 23.2 Å². The number of fused-ring (bicyclic) bond motifs is 1. The molecule has 0 saturated carbocycles. The van der Waals surface area contributed by atoms with E-state index in [1.54, 1.807) is 0 Å². The lowest BCUT2D eigenvalue weighted by Crippen LogP contribution is -2.26. The molecule has 0 aromatic carbocycles. The van der Waals surface area contributed by atoms with Crippen LogP contribution in [0.25, 0.3) is 11.2 Å². The molecule has 16 heteroatoms. The standard InChI is InChI=1S/C21H14Cl2F5N7O2/c22-11-5-29-6-12(23)16(11)33-20-32-13-4-9(19(34-17(13)35-20)37-8-15(24)25)18(36)31-7-14-10(21(26,27)28)2-1-3-30-14/h1-6,15H,7-8H2,(H,31,36)(H2,29,32,33,34,35). The first kappa shape index (κ1) is 26.3. The van der Waals surface area contributed by atoms with E-state index in [1.165, 1.54) is 18.5 Å². The maximum atomic E-state index is 13.2. The minimum Gasteiger partial charge on any atom is -0.471 e. The van der Waals surface area contributed by atoms with Crippen molar-refractivity contribution in [1.29, 1.82) is 0 Å². The summed E-state index contributed by atoms with van der Waals surface area (Å²) in [5, 5.41) is 5.46. The molecule has 0 bridgehead atoms. The summed E-state index contributed by atoms with van der Waals surface area (Å²) in [6.45, 7) is -1.69. The van der Waals surface area contributed by atoms with Gasteiger partial charge in [-0.15, -0.1) is 0 Å². The molecule has 0 aliphatic rings. The zero-order valence-electron chi connectivity index (χ0n) is 18.2. The van der Waals surface area contributed by atoms with Gasteiger partial charge in [0.25, 0.3) is 12.3 Å². The molecular formula is C21H14Cl2F5N7O2. The van der Waals surface area contributed by atoms with E-state index in [9.17, 15) is 26.7 Å². The molecule has 0 aliphatic heterocycles. The van der Waals surface area contributed by atoms with Crippen molar-refractivity contribution in [2.45, 2.75) is 19.1 Å². The number of anilines is 2. The molecule has 0 saturated heterocycles. The van der Waals surface area contributed by atoms with Crippen LogP contribution in [0.15, 0.2) is 36.8 Å². The van der Waals surface area contributed by atoms with Gasteiger partial charge in [-0.1, -0.05) is 23.2 Å². The Morgan fingerprint density at radius 1 is 1.16 bits per heavy atom. The fraction of sp³-hybridized carbons (Fsp3) is 0.190. The normalized spacial score (nSPS) is 11.7. The summed E-state index contributed by atoms with van der Waals surface area (Å²) >= 11 is 12.2. The number of ether oxygens (including phenoxy) is 1. The molecule has 4 heterocycles. The van der Waals surface area contributed by atoms with Gasteiger partial charge in [-0.2, -0.15) is 18.2 Å². The number of imidazole rings is 1. The Bertz CT molecular complexity index is 1430. The maximum absolute atomic E-state index is 13.2.